The fourth-order valence-corrected chi connectivity index (χ4v) is 4.58. The Morgan fingerprint density at radius 3 is 1.84 bits per heavy atom. The first-order valence-corrected chi connectivity index (χ1v) is 10.4. The van der Waals surface area contributed by atoms with Crippen LogP contribution in [-0.4, -0.2) is 49.7 Å². The topological polar surface area (TPSA) is 70.8 Å². The van der Waals surface area contributed by atoms with Crippen LogP contribution in [0.5, 0.6) is 0 Å². The minimum Gasteiger partial charge on any atom is -0.440 e. The molecule has 2 heterocycles. The SMILES string of the molecule is O=C(c1ccc(Cl)o1)N1CCN(S(=O)(=O)c2cc(C(F)(F)F)cc(C(F)(F)F)c2)CC1. The highest BCUT2D eigenvalue weighted by molar-refractivity contribution is 7.89. The zero-order valence-corrected chi connectivity index (χ0v) is 16.9. The minimum atomic E-state index is -5.18. The summed E-state index contributed by atoms with van der Waals surface area (Å²) in [6, 6.07) is 2.82. The third-order valence-electron chi connectivity index (χ3n) is 4.51. The highest BCUT2D eigenvalue weighted by atomic mass is 35.5. The molecule has 1 saturated heterocycles. The summed E-state index contributed by atoms with van der Waals surface area (Å²) in [5, 5.41) is -0.0328. The Morgan fingerprint density at radius 1 is 0.903 bits per heavy atom. The number of carbonyl (C=O) groups is 1. The molecule has 3 rings (SSSR count). The van der Waals surface area contributed by atoms with Crippen LogP contribution >= 0.6 is 11.6 Å². The molecule has 0 aliphatic carbocycles. The minimum absolute atomic E-state index is 0.0328. The summed E-state index contributed by atoms with van der Waals surface area (Å²) in [5.41, 5.74) is -3.46. The molecule has 0 N–H and O–H groups in total. The second-order valence-electron chi connectivity index (χ2n) is 6.54. The molecule has 14 heteroatoms. The summed E-state index contributed by atoms with van der Waals surface area (Å²) in [6.45, 7) is -0.969. The van der Waals surface area contributed by atoms with E-state index in [9.17, 15) is 39.6 Å². The van der Waals surface area contributed by atoms with Gasteiger partial charge in [0.15, 0.2) is 11.0 Å². The molecule has 2 aromatic rings. The summed E-state index contributed by atoms with van der Waals surface area (Å²) in [6.07, 6.45) is -10.4. The highest BCUT2D eigenvalue weighted by Gasteiger charge is 2.40. The van der Waals surface area contributed by atoms with E-state index in [0.29, 0.717) is 0 Å². The van der Waals surface area contributed by atoms with Crippen molar-refractivity contribution in [1.29, 1.82) is 0 Å². The number of piperazine rings is 1. The quantitative estimate of drug-likeness (QED) is 0.607. The van der Waals surface area contributed by atoms with Gasteiger partial charge in [0.05, 0.1) is 16.0 Å². The first-order valence-electron chi connectivity index (χ1n) is 8.54. The molecule has 0 radical (unpaired) electrons. The molecule has 1 aliphatic rings. The lowest BCUT2D eigenvalue weighted by molar-refractivity contribution is -0.143. The van der Waals surface area contributed by atoms with Gasteiger partial charge in [-0.1, -0.05) is 0 Å². The number of nitrogens with zero attached hydrogens (tertiary/aromatic N) is 2. The van der Waals surface area contributed by atoms with Crippen molar-refractivity contribution in [3.05, 3.63) is 52.4 Å². The van der Waals surface area contributed by atoms with Crippen LogP contribution in [0.4, 0.5) is 26.3 Å². The molecule has 1 aromatic heterocycles. The first kappa shape index (κ1) is 23.4. The lowest BCUT2D eigenvalue weighted by Gasteiger charge is -2.33. The second-order valence-corrected chi connectivity index (χ2v) is 8.85. The van der Waals surface area contributed by atoms with Gasteiger partial charge in [-0.15, -0.1) is 0 Å². The van der Waals surface area contributed by atoms with Crippen molar-refractivity contribution in [3.8, 4) is 0 Å². The van der Waals surface area contributed by atoms with E-state index in [1.54, 1.807) is 0 Å². The Morgan fingerprint density at radius 2 is 1.42 bits per heavy atom. The lowest BCUT2D eigenvalue weighted by Crippen LogP contribution is -2.50. The van der Waals surface area contributed by atoms with Gasteiger partial charge in [0, 0.05) is 26.2 Å². The molecule has 170 valence electrons. The standard InChI is InChI=1S/C17H13ClF6N2O4S/c18-14-2-1-13(30-14)15(27)25-3-5-26(6-4-25)31(28,29)12-8-10(16(19,20)21)7-11(9-12)17(22,23)24/h1-2,7-9H,3-6H2. The van der Waals surface area contributed by atoms with E-state index < -0.39 is 44.3 Å². The third kappa shape index (κ3) is 4.99. The van der Waals surface area contributed by atoms with Gasteiger partial charge < -0.3 is 9.32 Å². The van der Waals surface area contributed by atoms with Crippen molar-refractivity contribution in [1.82, 2.24) is 9.21 Å². The molecule has 0 atom stereocenters. The van der Waals surface area contributed by atoms with E-state index in [-0.39, 0.29) is 55.4 Å². The van der Waals surface area contributed by atoms with Crippen molar-refractivity contribution in [2.24, 2.45) is 0 Å². The van der Waals surface area contributed by atoms with Crippen molar-refractivity contribution in [2.45, 2.75) is 17.2 Å². The Kier molecular flexibility index (Phi) is 6.06. The zero-order chi connectivity index (χ0) is 23.2. The molecular formula is C17H13ClF6N2O4S. The van der Waals surface area contributed by atoms with Crippen LogP contribution in [0.3, 0.4) is 0 Å². The molecule has 31 heavy (non-hydrogen) atoms. The van der Waals surface area contributed by atoms with Gasteiger partial charge >= 0.3 is 12.4 Å². The fraction of sp³-hybridized carbons (Fsp3) is 0.353. The molecule has 1 aliphatic heterocycles. The van der Waals surface area contributed by atoms with Gasteiger partial charge in [0.25, 0.3) is 5.91 Å². The Labute approximate surface area is 177 Å². The number of alkyl halides is 6. The summed E-state index contributed by atoms with van der Waals surface area (Å²) < 4.78 is 109. The van der Waals surface area contributed by atoms with Crippen LogP contribution in [0.25, 0.3) is 0 Å². The van der Waals surface area contributed by atoms with Crippen molar-refractivity contribution < 1.29 is 44.0 Å². The maximum absolute atomic E-state index is 13.0. The highest BCUT2D eigenvalue weighted by Crippen LogP contribution is 2.37. The van der Waals surface area contributed by atoms with Crippen LogP contribution < -0.4 is 0 Å². The van der Waals surface area contributed by atoms with E-state index >= 15 is 0 Å². The van der Waals surface area contributed by atoms with Crippen molar-refractivity contribution >= 4 is 27.5 Å². The van der Waals surface area contributed by atoms with Gasteiger partial charge in [-0.05, 0) is 41.9 Å². The molecule has 0 unspecified atom stereocenters. The monoisotopic (exact) mass is 490 g/mol. The van der Waals surface area contributed by atoms with E-state index in [0.717, 1.165) is 4.31 Å². The maximum Gasteiger partial charge on any atom is 0.416 e. The normalized spacial score (nSPS) is 16.5. The average molecular weight is 491 g/mol. The van der Waals surface area contributed by atoms with Crippen molar-refractivity contribution in [3.63, 3.8) is 0 Å². The smallest absolute Gasteiger partial charge is 0.416 e. The lowest BCUT2D eigenvalue weighted by atomic mass is 10.1. The fourth-order valence-electron chi connectivity index (χ4n) is 2.94. The Bertz CT molecular complexity index is 1060. The molecule has 1 aromatic carbocycles. The summed E-state index contributed by atoms with van der Waals surface area (Å²) in [4.78, 5) is 12.4. The molecular weight excluding hydrogens is 478 g/mol. The van der Waals surface area contributed by atoms with Crippen LogP contribution in [0, 0.1) is 0 Å². The predicted octanol–water partition coefficient (Wildman–Crippen LogP) is 4.12. The van der Waals surface area contributed by atoms with E-state index in [2.05, 4.69) is 0 Å². The molecule has 0 spiro atoms. The Balaban J connectivity index is 1.85. The van der Waals surface area contributed by atoms with Gasteiger partial charge in [-0.2, -0.15) is 30.6 Å². The van der Waals surface area contributed by atoms with E-state index in [4.69, 9.17) is 16.0 Å². The van der Waals surface area contributed by atoms with Crippen molar-refractivity contribution in [2.75, 3.05) is 26.2 Å². The maximum atomic E-state index is 13.0. The second kappa shape index (κ2) is 8.02. The summed E-state index contributed by atoms with van der Waals surface area (Å²) in [7, 11) is -4.69. The number of benzene rings is 1. The molecule has 0 saturated carbocycles. The number of sulfonamides is 1. The molecule has 1 amide bonds. The van der Waals surface area contributed by atoms with E-state index in [1.807, 2.05) is 0 Å². The number of amides is 1. The van der Waals surface area contributed by atoms with E-state index in [1.165, 1.54) is 17.0 Å². The number of furan rings is 1. The first-order chi connectivity index (χ1) is 14.2. The number of hydrogen-bond donors (Lipinski definition) is 0. The van der Waals surface area contributed by atoms with Crippen LogP contribution in [0.15, 0.2) is 39.6 Å². The van der Waals surface area contributed by atoms with Crippen LogP contribution in [0.2, 0.25) is 5.22 Å². The average Bonchev–Trinajstić information content (AvgIpc) is 3.12. The van der Waals surface area contributed by atoms with Crippen LogP contribution in [0.1, 0.15) is 21.7 Å². The number of halogens is 7. The van der Waals surface area contributed by atoms with Gasteiger partial charge in [0.1, 0.15) is 0 Å². The predicted molar refractivity (Wildman–Crippen MR) is 94.8 cm³/mol. The molecule has 0 bridgehead atoms. The number of carbonyl (C=O) groups excluding carboxylic acids is 1. The third-order valence-corrected chi connectivity index (χ3v) is 6.59. The number of rotatable bonds is 3. The largest absolute Gasteiger partial charge is 0.440 e. The summed E-state index contributed by atoms with van der Waals surface area (Å²) in [5.74, 6) is -0.670. The summed E-state index contributed by atoms with van der Waals surface area (Å²) >= 11 is 5.60. The van der Waals surface area contributed by atoms with Gasteiger partial charge in [0.2, 0.25) is 10.0 Å². The zero-order valence-electron chi connectivity index (χ0n) is 15.3. The Hall–Kier alpha value is -2.25. The van der Waals surface area contributed by atoms with Gasteiger partial charge in [-0.3, -0.25) is 4.79 Å². The molecule has 6 nitrogen and oxygen atoms in total. The number of hydrogen-bond acceptors (Lipinski definition) is 4. The van der Waals surface area contributed by atoms with Crippen LogP contribution in [-0.2, 0) is 22.4 Å². The molecule has 1 fully saturated rings. The van der Waals surface area contributed by atoms with Gasteiger partial charge in [-0.25, -0.2) is 8.42 Å².